The molecule has 0 spiro atoms. The quantitative estimate of drug-likeness (QED) is 0.879. The molecule has 1 fully saturated rings. The summed E-state index contributed by atoms with van der Waals surface area (Å²) in [6, 6.07) is 3.65. The summed E-state index contributed by atoms with van der Waals surface area (Å²) in [5.74, 6) is -0.316. The minimum Gasteiger partial charge on any atom is -0.494 e. The molecule has 1 aliphatic heterocycles. The Morgan fingerprint density at radius 3 is 2.82 bits per heavy atom. The standard InChI is InChI=1S/C14H21FN2O3S.ClH/c1-16-9-11-4-3-7-17(10-11)21(18,19)12-5-6-13(15)14(8-12)20-2;/h5-6,8,11,16H,3-4,7,9-10H2,1-2H3;1H. The number of ether oxygens (including phenoxy) is 1. The van der Waals surface area contributed by atoms with Crippen LogP contribution in [-0.2, 0) is 10.0 Å². The number of benzene rings is 1. The highest BCUT2D eigenvalue weighted by atomic mass is 35.5. The molecule has 1 unspecified atom stereocenters. The number of piperidine rings is 1. The third-order valence-corrected chi connectivity index (χ3v) is 5.60. The maximum Gasteiger partial charge on any atom is 0.243 e. The summed E-state index contributed by atoms with van der Waals surface area (Å²) in [4.78, 5) is 0.0749. The number of hydrogen-bond acceptors (Lipinski definition) is 4. The molecular formula is C14H22ClFN2O3S. The molecule has 1 aliphatic rings. The van der Waals surface area contributed by atoms with E-state index >= 15 is 0 Å². The fraction of sp³-hybridized carbons (Fsp3) is 0.571. The molecule has 0 bridgehead atoms. The molecule has 0 amide bonds. The molecule has 2 rings (SSSR count). The highest BCUT2D eigenvalue weighted by Gasteiger charge is 2.30. The molecule has 22 heavy (non-hydrogen) atoms. The van der Waals surface area contributed by atoms with Crippen molar-refractivity contribution in [3.05, 3.63) is 24.0 Å². The number of rotatable bonds is 5. The van der Waals surface area contributed by atoms with Crippen LogP contribution in [0.4, 0.5) is 4.39 Å². The number of sulfonamides is 1. The van der Waals surface area contributed by atoms with Gasteiger partial charge in [0.2, 0.25) is 10.0 Å². The predicted molar refractivity (Wildman–Crippen MR) is 85.6 cm³/mol. The minimum atomic E-state index is -3.60. The van der Waals surface area contributed by atoms with Gasteiger partial charge in [0.25, 0.3) is 0 Å². The molecule has 0 radical (unpaired) electrons. The van der Waals surface area contributed by atoms with E-state index in [1.165, 1.54) is 23.5 Å². The zero-order valence-corrected chi connectivity index (χ0v) is 14.3. The van der Waals surface area contributed by atoms with Crippen LogP contribution >= 0.6 is 12.4 Å². The van der Waals surface area contributed by atoms with Gasteiger partial charge in [-0.2, -0.15) is 4.31 Å². The SMILES string of the molecule is CNCC1CCCN(S(=O)(=O)c2ccc(F)c(OC)c2)C1.Cl. The van der Waals surface area contributed by atoms with Gasteiger partial charge in [-0.15, -0.1) is 12.4 Å². The van der Waals surface area contributed by atoms with Crippen molar-refractivity contribution < 1.29 is 17.5 Å². The van der Waals surface area contributed by atoms with Gasteiger partial charge in [-0.1, -0.05) is 0 Å². The van der Waals surface area contributed by atoms with Crippen molar-refractivity contribution in [2.75, 3.05) is 33.8 Å². The first kappa shape index (κ1) is 19.2. The van der Waals surface area contributed by atoms with Gasteiger partial charge < -0.3 is 10.1 Å². The highest BCUT2D eigenvalue weighted by molar-refractivity contribution is 7.89. The van der Waals surface area contributed by atoms with Crippen molar-refractivity contribution in [2.45, 2.75) is 17.7 Å². The molecule has 1 atom stereocenters. The van der Waals surface area contributed by atoms with Crippen LogP contribution in [0.15, 0.2) is 23.1 Å². The van der Waals surface area contributed by atoms with Crippen molar-refractivity contribution in [1.82, 2.24) is 9.62 Å². The molecule has 1 N–H and O–H groups in total. The smallest absolute Gasteiger partial charge is 0.243 e. The van der Waals surface area contributed by atoms with Crippen molar-refractivity contribution in [2.24, 2.45) is 5.92 Å². The molecule has 126 valence electrons. The van der Waals surface area contributed by atoms with Crippen LogP contribution in [0, 0.1) is 11.7 Å². The summed E-state index contributed by atoms with van der Waals surface area (Å²) in [5.41, 5.74) is 0. The van der Waals surface area contributed by atoms with Crippen LogP contribution < -0.4 is 10.1 Å². The predicted octanol–water partition coefficient (Wildman–Crippen LogP) is 1.88. The summed E-state index contributed by atoms with van der Waals surface area (Å²) in [6.07, 6.45) is 1.85. The van der Waals surface area contributed by atoms with Crippen LogP contribution in [-0.4, -0.2) is 46.5 Å². The second kappa shape index (κ2) is 8.10. The molecule has 1 aromatic rings. The van der Waals surface area contributed by atoms with E-state index < -0.39 is 15.8 Å². The van der Waals surface area contributed by atoms with E-state index in [9.17, 15) is 12.8 Å². The Morgan fingerprint density at radius 1 is 1.45 bits per heavy atom. The molecule has 0 saturated carbocycles. The summed E-state index contributed by atoms with van der Waals surface area (Å²) < 4.78 is 45.0. The maximum absolute atomic E-state index is 13.4. The lowest BCUT2D eigenvalue weighted by molar-refractivity contribution is 0.263. The zero-order chi connectivity index (χ0) is 15.5. The van der Waals surface area contributed by atoms with Gasteiger partial charge in [-0.3, -0.25) is 0 Å². The van der Waals surface area contributed by atoms with Gasteiger partial charge >= 0.3 is 0 Å². The summed E-state index contributed by atoms with van der Waals surface area (Å²) >= 11 is 0. The Labute approximate surface area is 137 Å². The fourth-order valence-corrected chi connectivity index (χ4v) is 4.22. The normalized spacial score (nSPS) is 19.5. The summed E-state index contributed by atoms with van der Waals surface area (Å²) in [5, 5.41) is 3.08. The lowest BCUT2D eigenvalue weighted by atomic mass is 10.00. The summed E-state index contributed by atoms with van der Waals surface area (Å²) in [6.45, 7) is 1.78. The van der Waals surface area contributed by atoms with E-state index in [0.717, 1.165) is 25.5 Å². The molecule has 0 aromatic heterocycles. The molecule has 0 aliphatic carbocycles. The number of nitrogens with one attached hydrogen (secondary N) is 1. The van der Waals surface area contributed by atoms with Gasteiger partial charge in [0, 0.05) is 19.2 Å². The van der Waals surface area contributed by atoms with Crippen molar-refractivity contribution in [3.8, 4) is 5.75 Å². The van der Waals surface area contributed by atoms with E-state index in [-0.39, 0.29) is 23.1 Å². The lowest BCUT2D eigenvalue weighted by Gasteiger charge is -2.31. The minimum absolute atomic E-state index is 0. The lowest BCUT2D eigenvalue weighted by Crippen LogP contribution is -2.42. The first-order chi connectivity index (χ1) is 9.98. The van der Waals surface area contributed by atoms with E-state index in [1.807, 2.05) is 7.05 Å². The molecular weight excluding hydrogens is 331 g/mol. The Kier molecular flexibility index (Phi) is 7.05. The number of nitrogens with zero attached hydrogens (tertiary/aromatic N) is 1. The van der Waals surface area contributed by atoms with Gasteiger partial charge in [-0.25, -0.2) is 12.8 Å². The Hall–Kier alpha value is -0.890. The zero-order valence-electron chi connectivity index (χ0n) is 12.7. The van der Waals surface area contributed by atoms with E-state index in [2.05, 4.69) is 5.32 Å². The second-order valence-corrected chi connectivity index (χ2v) is 7.16. The molecule has 5 nitrogen and oxygen atoms in total. The van der Waals surface area contributed by atoms with Gasteiger partial charge in [0.1, 0.15) is 0 Å². The summed E-state index contributed by atoms with van der Waals surface area (Å²) in [7, 11) is -0.426. The van der Waals surface area contributed by atoms with E-state index in [0.29, 0.717) is 19.0 Å². The molecule has 1 heterocycles. The second-order valence-electron chi connectivity index (χ2n) is 5.23. The Balaban J connectivity index is 0.00000242. The topological polar surface area (TPSA) is 58.6 Å². The fourth-order valence-electron chi connectivity index (χ4n) is 2.65. The van der Waals surface area contributed by atoms with Crippen LogP contribution in [0.25, 0.3) is 0 Å². The highest BCUT2D eigenvalue weighted by Crippen LogP contribution is 2.27. The van der Waals surface area contributed by atoms with E-state index in [4.69, 9.17) is 4.74 Å². The first-order valence-corrected chi connectivity index (χ1v) is 8.41. The number of halogens is 2. The largest absolute Gasteiger partial charge is 0.494 e. The molecule has 1 saturated heterocycles. The van der Waals surface area contributed by atoms with Gasteiger partial charge in [0.05, 0.1) is 12.0 Å². The molecule has 8 heteroatoms. The van der Waals surface area contributed by atoms with E-state index in [1.54, 1.807) is 0 Å². The van der Waals surface area contributed by atoms with Crippen molar-refractivity contribution >= 4 is 22.4 Å². The third-order valence-electron chi connectivity index (χ3n) is 3.73. The maximum atomic E-state index is 13.4. The number of methoxy groups -OCH3 is 1. The monoisotopic (exact) mass is 352 g/mol. The first-order valence-electron chi connectivity index (χ1n) is 6.97. The van der Waals surface area contributed by atoms with Crippen LogP contribution in [0.1, 0.15) is 12.8 Å². The van der Waals surface area contributed by atoms with Gasteiger partial charge in [0.15, 0.2) is 11.6 Å². The van der Waals surface area contributed by atoms with Crippen molar-refractivity contribution in [3.63, 3.8) is 0 Å². The van der Waals surface area contributed by atoms with Crippen LogP contribution in [0.3, 0.4) is 0 Å². The van der Waals surface area contributed by atoms with Crippen LogP contribution in [0.5, 0.6) is 5.75 Å². The van der Waals surface area contributed by atoms with Crippen LogP contribution in [0.2, 0.25) is 0 Å². The molecule has 1 aromatic carbocycles. The van der Waals surface area contributed by atoms with Crippen molar-refractivity contribution in [1.29, 1.82) is 0 Å². The average molecular weight is 353 g/mol. The van der Waals surface area contributed by atoms with Gasteiger partial charge in [-0.05, 0) is 44.5 Å². The number of hydrogen-bond donors (Lipinski definition) is 1. The average Bonchev–Trinajstić information content (AvgIpc) is 2.48. The Morgan fingerprint density at radius 2 is 2.18 bits per heavy atom. The Bertz CT molecular complexity index is 596. The third kappa shape index (κ3) is 4.10.